The largest absolute Gasteiger partial charge is 0.348 e. The van der Waals surface area contributed by atoms with Crippen LogP contribution in [-0.2, 0) is 11.8 Å². The summed E-state index contributed by atoms with van der Waals surface area (Å²) >= 11 is 3.41. The van der Waals surface area contributed by atoms with E-state index in [0.717, 1.165) is 15.6 Å². The molecule has 112 valence electrons. The Bertz CT molecular complexity index is 608. The number of carbonyl (C=O) groups is 1. The third kappa shape index (κ3) is 3.92. The summed E-state index contributed by atoms with van der Waals surface area (Å²) < 4.78 is 2.71. The van der Waals surface area contributed by atoms with Crippen LogP contribution >= 0.6 is 15.9 Å². The second-order valence-corrected chi connectivity index (χ2v) is 5.87. The van der Waals surface area contributed by atoms with Crippen LogP contribution in [0.5, 0.6) is 0 Å². The number of amides is 1. The maximum atomic E-state index is 12.4. The topological polar surface area (TPSA) is 59.0 Å². The molecule has 0 aliphatic heterocycles. The van der Waals surface area contributed by atoms with Crippen LogP contribution in [0.3, 0.4) is 0 Å². The van der Waals surface area contributed by atoms with Gasteiger partial charge in [0.15, 0.2) is 0 Å². The average molecular weight is 351 g/mol. The van der Waals surface area contributed by atoms with Gasteiger partial charge in [-0.25, -0.2) is 0 Å². The van der Waals surface area contributed by atoms with Crippen molar-refractivity contribution < 1.29 is 4.79 Å². The van der Waals surface area contributed by atoms with Crippen molar-refractivity contribution in [1.29, 1.82) is 0 Å². The van der Waals surface area contributed by atoms with E-state index in [1.54, 1.807) is 17.9 Å². The smallest absolute Gasteiger partial charge is 0.242 e. The molecule has 1 aromatic carbocycles. The maximum absolute atomic E-state index is 12.4. The molecule has 5 nitrogen and oxygen atoms in total. The Morgan fingerprint density at radius 1 is 1.29 bits per heavy atom. The zero-order chi connectivity index (χ0) is 15.4. The van der Waals surface area contributed by atoms with E-state index in [-0.39, 0.29) is 11.9 Å². The van der Waals surface area contributed by atoms with Gasteiger partial charge in [-0.1, -0.05) is 28.1 Å². The van der Waals surface area contributed by atoms with Crippen molar-refractivity contribution in [3.8, 4) is 0 Å². The van der Waals surface area contributed by atoms with Gasteiger partial charge in [-0.3, -0.25) is 9.48 Å². The van der Waals surface area contributed by atoms with E-state index in [1.807, 2.05) is 44.4 Å². The molecule has 0 aliphatic rings. The Kier molecular flexibility index (Phi) is 5.14. The van der Waals surface area contributed by atoms with Crippen LogP contribution in [0.25, 0.3) is 0 Å². The lowest BCUT2D eigenvalue weighted by Gasteiger charge is -2.19. The monoisotopic (exact) mass is 350 g/mol. The van der Waals surface area contributed by atoms with Crippen molar-refractivity contribution >= 4 is 21.8 Å². The van der Waals surface area contributed by atoms with Gasteiger partial charge in [0.25, 0.3) is 0 Å². The summed E-state index contributed by atoms with van der Waals surface area (Å²) in [5.74, 6) is -0.0686. The highest BCUT2D eigenvalue weighted by Crippen LogP contribution is 2.18. The Morgan fingerprint density at radius 2 is 1.95 bits per heavy atom. The molecule has 6 heteroatoms. The number of nitrogens with one attached hydrogen (secondary N) is 2. The van der Waals surface area contributed by atoms with Gasteiger partial charge >= 0.3 is 0 Å². The fourth-order valence-electron chi connectivity index (χ4n) is 2.17. The molecule has 1 heterocycles. The highest BCUT2D eigenvalue weighted by Gasteiger charge is 2.21. The fraction of sp³-hybridized carbons (Fsp3) is 0.333. The molecular weight excluding hydrogens is 332 g/mol. The van der Waals surface area contributed by atoms with Crippen LogP contribution in [0.4, 0.5) is 0 Å². The highest BCUT2D eigenvalue weighted by atomic mass is 79.9. The second-order valence-electron chi connectivity index (χ2n) is 4.95. The minimum absolute atomic E-state index is 0.0573. The summed E-state index contributed by atoms with van der Waals surface area (Å²) in [5, 5.41) is 10.2. The number of aromatic nitrogens is 2. The van der Waals surface area contributed by atoms with Gasteiger partial charge in [-0.15, -0.1) is 0 Å². The third-order valence-electron chi connectivity index (χ3n) is 3.34. The van der Waals surface area contributed by atoms with Crippen molar-refractivity contribution in [2.45, 2.75) is 19.0 Å². The number of carbonyl (C=O) groups excluding carboxylic acids is 1. The molecule has 2 N–H and O–H groups in total. The minimum atomic E-state index is -0.406. The van der Waals surface area contributed by atoms with Gasteiger partial charge in [0.05, 0.1) is 12.2 Å². The van der Waals surface area contributed by atoms with Gasteiger partial charge in [-0.2, -0.15) is 5.10 Å². The van der Waals surface area contributed by atoms with Crippen LogP contribution < -0.4 is 10.6 Å². The summed E-state index contributed by atoms with van der Waals surface area (Å²) in [6.07, 6.45) is 3.54. The van der Waals surface area contributed by atoms with Crippen molar-refractivity contribution in [3.05, 3.63) is 52.3 Å². The van der Waals surface area contributed by atoms with Crippen molar-refractivity contribution in [2.24, 2.45) is 7.05 Å². The van der Waals surface area contributed by atoms with E-state index >= 15 is 0 Å². The second kappa shape index (κ2) is 6.87. The molecule has 0 fully saturated rings. The lowest BCUT2D eigenvalue weighted by molar-refractivity contribution is -0.123. The molecule has 0 saturated carbocycles. The molecular formula is C15H19BrN4O. The SMILES string of the molecule is CNC(C(=O)NC(C)c1ccc(Br)cc1)c1cnn(C)c1. The molecule has 2 aromatic rings. The van der Waals surface area contributed by atoms with Gasteiger partial charge in [0, 0.05) is 23.3 Å². The first-order valence-corrected chi connectivity index (χ1v) is 7.52. The van der Waals surface area contributed by atoms with E-state index in [0.29, 0.717) is 0 Å². The van der Waals surface area contributed by atoms with Crippen LogP contribution in [0, 0.1) is 0 Å². The number of halogens is 1. The quantitative estimate of drug-likeness (QED) is 0.869. The van der Waals surface area contributed by atoms with Crippen LogP contribution in [-0.4, -0.2) is 22.7 Å². The first-order valence-electron chi connectivity index (χ1n) is 6.73. The predicted octanol–water partition coefficient (Wildman–Crippen LogP) is 2.32. The molecule has 2 atom stereocenters. The number of rotatable bonds is 5. The van der Waals surface area contributed by atoms with E-state index in [9.17, 15) is 4.79 Å². The molecule has 0 radical (unpaired) electrons. The molecule has 1 aromatic heterocycles. The first kappa shape index (κ1) is 15.7. The number of hydrogen-bond donors (Lipinski definition) is 2. The number of benzene rings is 1. The molecule has 0 spiro atoms. The standard InChI is InChI=1S/C15H19BrN4O/c1-10(11-4-6-13(16)7-5-11)19-15(21)14(17-2)12-8-18-20(3)9-12/h4-10,14,17H,1-3H3,(H,19,21). The molecule has 2 unspecified atom stereocenters. The van der Waals surface area contributed by atoms with Crippen LogP contribution in [0.2, 0.25) is 0 Å². The van der Waals surface area contributed by atoms with Crippen molar-refractivity contribution in [1.82, 2.24) is 20.4 Å². The summed E-state index contributed by atoms with van der Waals surface area (Å²) in [6.45, 7) is 1.97. The normalized spacial score (nSPS) is 13.7. The Morgan fingerprint density at radius 3 is 2.48 bits per heavy atom. The highest BCUT2D eigenvalue weighted by molar-refractivity contribution is 9.10. The van der Waals surface area contributed by atoms with Crippen LogP contribution in [0.1, 0.15) is 30.1 Å². The number of nitrogens with zero attached hydrogens (tertiary/aromatic N) is 2. The number of aryl methyl sites for hydroxylation is 1. The van der Waals surface area contributed by atoms with Gasteiger partial charge < -0.3 is 10.6 Å². The Balaban J connectivity index is 2.07. The molecule has 21 heavy (non-hydrogen) atoms. The predicted molar refractivity (Wildman–Crippen MR) is 85.7 cm³/mol. The zero-order valence-electron chi connectivity index (χ0n) is 12.3. The summed E-state index contributed by atoms with van der Waals surface area (Å²) in [7, 11) is 3.60. The molecule has 2 rings (SSSR count). The summed E-state index contributed by atoms with van der Waals surface area (Å²) in [4.78, 5) is 12.4. The van der Waals surface area contributed by atoms with E-state index in [2.05, 4.69) is 31.7 Å². The Labute approximate surface area is 132 Å². The molecule has 0 bridgehead atoms. The van der Waals surface area contributed by atoms with E-state index < -0.39 is 6.04 Å². The van der Waals surface area contributed by atoms with Crippen molar-refractivity contribution in [2.75, 3.05) is 7.05 Å². The average Bonchev–Trinajstić information content (AvgIpc) is 2.86. The lowest BCUT2D eigenvalue weighted by Crippen LogP contribution is -2.37. The molecule has 0 saturated heterocycles. The lowest BCUT2D eigenvalue weighted by atomic mass is 10.1. The zero-order valence-corrected chi connectivity index (χ0v) is 13.9. The van der Waals surface area contributed by atoms with Crippen molar-refractivity contribution in [3.63, 3.8) is 0 Å². The number of likely N-dealkylation sites (N-methyl/N-ethyl adjacent to an activating group) is 1. The molecule has 1 amide bonds. The van der Waals surface area contributed by atoms with Crippen LogP contribution in [0.15, 0.2) is 41.1 Å². The third-order valence-corrected chi connectivity index (χ3v) is 3.87. The summed E-state index contributed by atoms with van der Waals surface area (Å²) in [5.41, 5.74) is 1.91. The Hall–Kier alpha value is -1.66. The maximum Gasteiger partial charge on any atom is 0.242 e. The van der Waals surface area contributed by atoms with E-state index in [4.69, 9.17) is 0 Å². The molecule has 0 aliphatic carbocycles. The van der Waals surface area contributed by atoms with Gasteiger partial charge in [0.1, 0.15) is 6.04 Å². The van der Waals surface area contributed by atoms with E-state index in [1.165, 1.54) is 0 Å². The summed E-state index contributed by atoms with van der Waals surface area (Å²) in [6, 6.07) is 7.46. The first-order chi connectivity index (χ1) is 10.0. The fourth-order valence-corrected chi connectivity index (χ4v) is 2.43. The van der Waals surface area contributed by atoms with Gasteiger partial charge in [0.2, 0.25) is 5.91 Å². The minimum Gasteiger partial charge on any atom is -0.348 e. The number of hydrogen-bond acceptors (Lipinski definition) is 3. The van der Waals surface area contributed by atoms with Gasteiger partial charge in [-0.05, 0) is 31.7 Å².